The van der Waals surface area contributed by atoms with Crippen LogP contribution in [0.1, 0.15) is 15.9 Å². The molecule has 100 valence electrons. The second-order valence-electron chi connectivity index (χ2n) is 4.87. The minimum atomic E-state index is -0.0303. The molecular weight excluding hydrogens is 254 g/mol. The van der Waals surface area contributed by atoms with Gasteiger partial charge in [-0.3, -0.25) is 4.79 Å². The van der Waals surface area contributed by atoms with E-state index in [9.17, 15) is 4.79 Å². The number of carbonyl (C=O) groups excluding carboxylic acids is 1. The Morgan fingerprint density at radius 1 is 1.05 bits per heavy atom. The van der Waals surface area contributed by atoms with Crippen molar-refractivity contribution in [2.24, 2.45) is 0 Å². The van der Waals surface area contributed by atoms with Gasteiger partial charge in [0.2, 0.25) is 6.79 Å². The van der Waals surface area contributed by atoms with Gasteiger partial charge in [0.1, 0.15) is 0 Å². The molecule has 0 aromatic heterocycles. The van der Waals surface area contributed by atoms with E-state index in [1.807, 2.05) is 35.2 Å². The summed E-state index contributed by atoms with van der Waals surface area (Å²) >= 11 is 0. The fourth-order valence-electron chi connectivity index (χ4n) is 2.79. The van der Waals surface area contributed by atoms with Gasteiger partial charge >= 0.3 is 0 Å². The van der Waals surface area contributed by atoms with Crippen molar-refractivity contribution < 1.29 is 14.3 Å². The molecule has 2 aliphatic heterocycles. The molecule has 2 aliphatic rings. The number of hydrogen-bond donors (Lipinski definition) is 0. The largest absolute Gasteiger partial charge is 0.454 e. The Labute approximate surface area is 116 Å². The van der Waals surface area contributed by atoms with Crippen LogP contribution in [0.2, 0.25) is 0 Å². The molecule has 2 aromatic rings. The van der Waals surface area contributed by atoms with Crippen molar-refractivity contribution in [2.45, 2.75) is 6.42 Å². The molecule has 0 spiro atoms. The van der Waals surface area contributed by atoms with E-state index in [4.69, 9.17) is 9.47 Å². The van der Waals surface area contributed by atoms with E-state index in [-0.39, 0.29) is 12.7 Å². The van der Waals surface area contributed by atoms with Gasteiger partial charge in [-0.25, -0.2) is 0 Å². The molecule has 0 unspecified atom stereocenters. The highest BCUT2D eigenvalue weighted by atomic mass is 16.7. The van der Waals surface area contributed by atoms with Crippen molar-refractivity contribution >= 4 is 11.6 Å². The Kier molecular flexibility index (Phi) is 2.42. The molecule has 4 heteroatoms. The van der Waals surface area contributed by atoms with E-state index in [2.05, 4.69) is 6.07 Å². The van der Waals surface area contributed by atoms with Crippen molar-refractivity contribution in [1.82, 2.24) is 0 Å². The number of nitrogens with zero attached hydrogens (tertiary/aromatic N) is 1. The predicted octanol–water partition coefficient (Wildman–Crippen LogP) is 2.62. The number of rotatable bonds is 1. The van der Waals surface area contributed by atoms with Gasteiger partial charge in [-0.15, -0.1) is 0 Å². The lowest BCUT2D eigenvalue weighted by Gasteiger charge is -2.18. The summed E-state index contributed by atoms with van der Waals surface area (Å²) < 4.78 is 10.8. The molecule has 0 radical (unpaired) electrons. The number of amides is 1. The molecule has 2 aromatic carbocycles. The third kappa shape index (κ3) is 1.58. The molecule has 4 rings (SSSR count). The van der Waals surface area contributed by atoms with E-state index < -0.39 is 0 Å². The lowest BCUT2D eigenvalue weighted by molar-refractivity contribution is 0.0984. The van der Waals surface area contributed by atoms with Gasteiger partial charge < -0.3 is 14.4 Å². The maximum absolute atomic E-state index is 12.8. The highest BCUT2D eigenvalue weighted by Gasteiger charge is 2.29. The van der Waals surface area contributed by atoms with Crippen molar-refractivity contribution in [1.29, 1.82) is 0 Å². The predicted molar refractivity (Wildman–Crippen MR) is 74.4 cm³/mol. The van der Waals surface area contributed by atoms with Crippen LogP contribution in [-0.4, -0.2) is 19.2 Å². The number of hydrogen-bond acceptors (Lipinski definition) is 3. The standard InChI is InChI=1S/C16H13NO3/c18-16(12-5-3-7-14-15(12)20-10-19-14)17-9-8-11-4-1-2-6-13(11)17/h1-7H,8-10H2. The molecule has 0 aliphatic carbocycles. The first kappa shape index (κ1) is 11.3. The Balaban J connectivity index is 1.75. The summed E-state index contributed by atoms with van der Waals surface area (Å²) in [5.74, 6) is 1.17. The quantitative estimate of drug-likeness (QED) is 0.797. The van der Waals surface area contributed by atoms with E-state index in [0.29, 0.717) is 23.6 Å². The monoisotopic (exact) mass is 267 g/mol. The average Bonchev–Trinajstić information content (AvgIpc) is 3.12. The first-order chi connectivity index (χ1) is 9.84. The van der Waals surface area contributed by atoms with Crippen LogP contribution < -0.4 is 14.4 Å². The number of fused-ring (bicyclic) bond motifs is 2. The second kappa shape index (κ2) is 4.27. The number of ether oxygens (including phenoxy) is 2. The Morgan fingerprint density at radius 3 is 2.90 bits per heavy atom. The summed E-state index contributed by atoms with van der Waals surface area (Å²) in [6, 6.07) is 13.4. The number of benzene rings is 2. The summed E-state index contributed by atoms with van der Waals surface area (Å²) in [6.07, 6.45) is 0.897. The van der Waals surface area contributed by atoms with E-state index in [1.165, 1.54) is 5.56 Å². The van der Waals surface area contributed by atoms with Crippen molar-refractivity contribution in [3.63, 3.8) is 0 Å². The number of anilines is 1. The fraction of sp³-hybridized carbons (Fsp3) is 0.188. The minimum Gasteiger partial charge on any atom is -0.454 e. The summed E-state index contributed by atoms with van der Waals surface area (Å²) in [5, 5.41) is 0. The Hall–Kier alpha value is -2.49. The van der Waals surface area contributed by atoms with Gasteiger partial charge in [-0.2, -0.15) is 0 Å². The van der Waals surface area contributed by atoms with Gasteiger partial charge in [-0.1, -0.05) is 24.3 Å². The second-order valence-corrected chi connectivity index (χ2v) is 4.87. The normalized spacial score (nSPS) is 15.3. The van der Waals surface area contributed by atoms with Crippen LogP contribution in [0.4, 0.5) is 5.69 Å². The van der Waals surface area contributed by atoms with E-state index >= 15 is 0 Å². The van der Waals surface area contributed by atoms with Gasteiger partial charge in [0.25, 0.3) is 5.91 Å². The molecule has 1 amide bonds. The highest BCUT2D eigenvalue weighted by Crippen LogP contribution is 2.37. The summed E-state index contributed by atoms with van der Waals surface area (Å²) in [6.45, 7) is 0.888. The summed E-state index contributed by atoms with van der Waals surface area (Å²) in [4.78, 5) is 14.6. The third-order valence-electron chi connectivity index (χ3n) is 3.76. The summed E-state index contributed by atoms with van der Waals surface area (Å²) in [7, 11) is 0. The maximum atomic E-state index is 12.8. The lowest BCUT2D eigenvalue weighted by atomic mass is 10.1. The smallest absolute Gasteiger partial charge is 0.262 e. The average molecular weight is 267 g/mol. The zero-order chi connectivity index (χ0) is 13.5. The van der Waals surface area contributed by atoms with Crippen molar-refractivity contribution in [3.8, 4) is 11.5 Å². The van der Waals surface area contributed by atoms with Crippen LogP contribution in [0.3, 0.4) is 0 Å². The first-order valence-corrected chi connectivity index (χ1v) is 6.63. The van der Waals surface area contributed by atoms with Gasteiger partial charge in [0, 0.05) is 12.2 Å². The number of para-hydroxylation sites is 2. The molecule has 0 N–H and O–H groups in total. The third-order valence-corrected chi connectivity index (χ3v) is 3.76. The lowest BCUT2D eigenvalue weighted by Crippen LogP contribution is -2.29. The Bertz CT molecular complexity index is 696. The van der Waals surface area contributed by atoms with Crippen LogP contribution in [-0.2, 0) is 6.42 Å². The van der Waals surface area contributed by atoms with Gasteiger partial charge in [0.05, 0.1) is 5.56 Å². The molecule has 0 bridgehead atoms. The molecule has 2 heterocycles. The fourth-order valence-corrected chi connectivity index (χ4v) is 2.79. The van der Waals surface area contributed by atoms with Gasteiger partial charge in [-0.05, 0) is 30.2 Å². The van der Waals surface area contributed by atoms with Crippen LogP contribution in [0.15, 0.2) is 42.5 Å². The van der Waals surface area contributed by atoms with Crippen LogP contribution >= 0.6 is 0 Å². The molecule has 0 saturated heterocycles. The number of carbonyl (C=O) groups is 1. The minimum absolute atomic E-state index is 0.0303. The Morgan fingerprint density at radius 2 is 1.95 bits per heavy atom. The van der Waals surface area contributed by atoms with E-state index in [0.717, 1.165) is 12.1 Å². The van der Waals surface area contributed by atoms with Crippen LogP contribution in [0.5, 0.6) is 11.5 Å². The molecule has 4 nitrogen and oxygen atoms in total. The molecular formula is C16H13NO3. The van der Waals surface area contributed by atoms with Crippen molar-refractivity contribution in [3.05, 3.63) is 53.6 Å². The van der Waals surface area contributed by atoms with E-state index in [1.54, 1.807) is 6.07 Å². The first-order valence-electron chi connectivity index (χ1n) is 6.63. The molecule has 0 atom stereocenters. The highest BCUT2D eigenvalue weighted by molar-refractivity contribution is 6.09. The SMILES string of the molecule is O=C(c1cccc2c1OCO2)N1CCc2ccccc21. The molecule has 20 heavy (non-hydrogen) atoms. The topological polar surface area (TPSA) is 38.8 Å². The zero-order valence-electron chi connectivity index (χ0n) is 10.8. The van der Waals surface area contributed by atoms with Crippen molar-refractivity contribution in [2.75, 3.05) is 18.2 Å². The van der Waals surface area contributed by atoms with Crippen LogP contribution in [0, 0.1) is 0 Å². The molecule has 0 saturated carbocycles. The van der Waals surface area contributed by atoms with Gasteiger partial charge in [0.15, 0.2) is 11.5 Å². The maximum Gasteiger partial charge on any atom is 0.262 e. The zero-order valence-corrected chi connectivity index (χ0v) is 10.8. The van der Waals surface area contributed by atoms with Crippen LogP contribution in [0.25, 0.3) is 0 Å². The summed E-state index contributed by atoms with van der Waals surface area (Å²) in [5.41, 5.74) is 2.77. The molecule has 0 fully saturated rings.